The maximum atomic E-state index is 13.0. The summed E-state index contributed by atoms with van der Waals surface area (Å²) in [5.74, 6) is -0.875. The number of benzene rings is 2. The molecule has 1 saturated heterocycles. The number of hydrogen-bond acceptors (Lipinski definition) is 6. The molecule has 4 heterocycles. The van der Waals surface area contributed by atoms with Crippen molar-refractivity contribution in [3.63, 3.8) is 0 Å². The van der Waals surface area contributed by atoms with Gasteiger partial charge in [0, 0.05) is 36.7 Å². The highest BCUT2D eigenvalue weighted by Gasteiger charge is 2.39. The summed E-state index contributed by atoms with van der Waals surface area (Å²) in [5, 5.41) is 2.34. The minimum Gasteiger partial charge on any atom is -0.333 e. The SMILES string of the molecule is Cn1cnc(-c2ccc3c(c2)CN(C2CCC(=O)NC2=O)C3=O)c1-c1ccc2scnc2c1. The molecule has 6 rings (SSSR count). The van der Waals surface area contributed by atoms with Crippen LogP contribution in [0.3, 0.4) is 0 Å². The maximum absolute atomic E-state index is 13.0. The zero-order valence-electron chi connectivity index (χ0n) is 17.7. The zero-order chi connectivity index (χ0) is 22.7. The van der Waals surface area contributed by atoms with Gasteiger partial charge in [0.05, 0.1) is 33.4 Å². The molecular weight excluding hydrogens is 438 g/mol. The predicted molar refractivity (Wildman–Crippen MR) is 123 cm³/mol. The molecule has 33 heavy (non-hydrogen) atoms. The van der Waals surface area contributed by atoms with E-state index in [0.717, 1.165) is 38.3 Å². The lowest BCUT2D eigenvalue weighted by atomic mass is 10.0. The van der Waals surface area contributed by atoms with E-state index in [1.54, 1.807) is 28.6 Å². The lowest BCUT2D eigenvalue weighted by Gasteiger charge is -2.29. The number of piperidine rings is 1. The molecule has 8 nitrogen and oxygen atoms in total. The number of aromatic nitrogens is 3. The highest BCUT2D eigenvalue weighted by Crippen LogP contribution is 2.36. The van der Waals surface area contributed by atoms with Crippen molar-refractivity contribution in [3.05, 3.63) is 59.4 Å². The van der Waals surface area contributed by atoms with E-state index in [0.29, 0.717) is 18.5 Å². The number of aryl methyl sites for hydroxylation is 1. The van der Waals surface area contributed by atoms with Gasteiger partial charge in [-0.2, -0.15) is 0 Å². The summed E-state index contributed by atoms with van der Waals surface area (Å²) in [6, 6.07) is 11.3. The number of hydrogen-bond donors (Lipinski definition) is 1. The highest BCUT2D eigenvalue weighted by atomic mass is 32.1. The number of thiazole rings is 1. The third-order valence-corrected chi connectivity index (χ3v) is 7.15. The Labute approximate surface area is 192 Å². The van der Waals surface area contributed by atoms with Crippen LogP contribution in [-0.4, -0.2) is 43.2 Å². The first-order valence-electron chi connectivity index (χ1n) is 10.6. The van der Waals surface area contributed by atoms with Gasteiger partial charge in [0.15, 0.2) is 0 Å². The van der Waals surface area contributed by atoms with E-state index in [1.807, 2.05) is 29.3 Å². The van der Waals surface area contributed by atoms with Gasteiger partial charge in [-0.25, -0.2) is 9.97 Å². The van der Waals surface area contributed by atoms with Gasteiger partial charge in [0.25, 0.3) is 5.91 Å². The predicted octanol–water partition coefficient (Wildman–Crippen LogP) is 3.12. The Morgan fingerprint density at radius 1 is 1.06 bits per heavy atom. The second-order valence-electron chi connectivity index (χ2n) is 8.36. The molecule has 0 saturated carbocycles. The molecule has 0 radical (unpaired) electrons. The Morgan fingerprint density at radius 2 is 1.91 bits per heavy atom. The fraction of sp³-hybridized carbons (Fsp3) is 0.208. The first-order valence-corrected chi connectivity index (χ1v) is 11.5. The van der Waals surface area contributed by atoms with Gasteiger partial charge >= 0.3 is 0 Å². The fourth-order valence-corrected chi connectivity index (χ4v) is 5.37. The summed E-state index contributed by atoms with van der Waals surface area (Å²) in [6.45, 7) is 0.335. The third kappa shape index (κ3) is 3.15. The molecule has 1 atom stereocenters. The quantitative estimate of drug-likeness (QED) is 0.477. The van der Waals surface area contributed by atoms with Crippen LogP contribution in [0.2, 0.25) is 0 Å². The molecular formula is C24H19N5O3S. The number of nitrogens with zero attached hydrogens (tertiary/aromatic N) is 4. The molecule has 0 spiro atoms. The van der Waals surface area contributed by atoms with E-state index in [-0.39, 0.29) is 18.2 Å². The van der Waals surface area contributed by atoms with Crippen LogP contribution >= 0.6 is 11.3 Å². The number of fused-ring (bicyclic) bond motifs is 2. The summed E-state index contributed by atoms with van der Waals surface area (Å²) in [4.78, 5) is 47.4. The van der Waals surface area contributed by atoms with Crippen molar-refractivity contribution >= 4 is 39.3 Å². The summed E-state index contributed by atoms with van der Waals surface area (Å²) in [6.07, 6.45) is 2.37. The summed E-state index contributed by atoms with van der Waals surface area (Å²) in [5.41, 5.74) is 7.94. The normalized spacial score (nSPS) is 18.2. The van der Waals surface area contributed by atoms with Gasteiger partial charge in [-0.05, 0) is 36.2 Å². The summed E-state index contributed by atoms with van der Waals surface area (Å²) < 4.78 is 3.11. The summed E-state index contributed by atoms with van der Waals surface area (Å²) >= 11 is 1.61. The van der Waals surface area contributed by atoms with Gasteiger partial charge in [0.1, 0.15) is 6.04 Å². The largest absolute Gasteiger partial charge is 0.333 e. The van der Waals surface area contributed by atoms with Gasteiger partial charge in [-0.3, -0.25) is 19.7 Å². The Morgan fingerprint density at radius 3 is 2.76 bits per heavy atom. The average Bonchev–Trinajstić information content (AvgIpc) is 3.50. The third-order valence-electron chi connectivity index (χ3n) is 6.34. The van der Waals surface area contributed by atoms with Gasteiger partial charge in [0.2, 0.25) is 11.8 Å². The van der Waals surface area contributed by atoms with E-state index in [4.69, 9.17) is 0 Å². The molecule has 3 amide bonds. The zero-order valence-corrected chi connectivity index (χ0v) is 18.6. The minimum absolute atomic E-state index is 0.179. The fourth-order valence-electron chi connectivity index (χ4n) is 4.71. The van der Waals surface area contributed by atoms with Crippen molar-refractivity contribution in [1.29, 1.82) is 0 Å². The number of imide groups is 1. The molecule has 2 aliphatic heterocycles. The molecule has 1 fully saturated rings. The van der Waals surface area contributed by atoms with Crippen LogP contribution in [0.1, 0.15) is 28.8 Å². The second kappa shape index (κ2) is 7.35. The van der Waals surface area contributed by atoms with Crippen LogP contribution in [0.25, 0.3) is 32.7 Å². The Balaban J connectivity index is 1.36. The monoisotopic (exact) mass is 457 g/mol. The smallest absolute Gasteiger partial charge is 0.255 e. The Bertz CT molecular complexity index is 1470. The molecule has 9 heteroatoms. The van der Waals surface area contributed by atoms with Crippen LogP contribution in [0.4, 0.5) is 0 Å². The molecule has 164 valence electrons. The van der Waals surface area contributed by atoms with Crippen molar-refractivity contribution < 1.29 is 14.4 Å². The topological polar surface area (TPSA) is 97.2 Å². The number of carbonyl (C=O) groups is 3. The number of nitrogens with one attached hydrogen (secondary N) is 1. The van der Waals surface area contributed by atoms with Crippen LogP contribution in [0.15, 0.2) is 48.2 Å². The first-order chi connectivity index (χ1) is 16.0. The van der Waals surface area contributed by atoms with E-state index in [9.17, 15) is 14.4 Å². The highest BCUT2D eigenvalue weighted by molar-refractivity contribution is 7.16. The number of carbonyl (C=O) groups excluding carboxylic acids is 3. The van der Waals surface area contributed by atoms with Crippen molar-refractivity contribution in [2.75, 3.05) is 0 Å². The van der Waals surface area contributed by atoms with E-state index < -0.39 is 11.9 Å². The standard InChI is InChI=1S/C24H19N5O3S/c1-28-11-25-21(22(28)14-3-6-19-17(9-14)26-12-33-19)13-2-4-16-15(8-13)10-29(24(16)32)18-5-7-20(30)27-23(18)31/h2-4,6,8-9,11-12,18H,5,7,10H2,1H3,(H,27,30,31). The molecule has 1 N–H and O–H groups in total. The van der Waals surface area contributed by atoms with E-state index in [2.05, 4.69) is 33.5 Å². The van der Waals surface area contributed by atoms with E-state index in [1.165, 1.54) is 0 Å². The maximum Gasteiger partial charge on any atom is 0.255 e. The van der Waals surface area contributed by atoms with E-state index >= 15 is 0 Å². The van der Waals surface area contributed by atoms with Gasteiger partial charge in [-0.1, -0.05) is 12.1 Å². The first kappa shape index (κ1) is 19.8. The lowest BCUT2D eigenvalue weighted by Crippen LogP contribution is -2.52. The van der Waals surface area contributed by atoms with Crippen LogP contribution in [0.5, 0.6) is 0 Å². The molecule has 4 aromatic rings. The molecule has 1 unspecified atom stereocenters. The van der Waals surface area contributed by atoms with Crippen LogP contribution in [0, 0.1) is 0 Å². The number of imidazole rings is 1. The van der Waals surface area contributed by atoms with Crippen LogP contribution in [-0.2, 0) is 23.2 Å². The molecule has 0 aliphatic carbocycles. The van der Waals surface area contributed by atoms with Crippen LogP contribution < -0.4 is 5.32 Å². The molecule has 2 aliphatic rings. The van der Waals surface area contributed by atoms with Gasteiger partial charge in [-0.15, -0.1) is 11.3 Å². The Hall–Kier alpha value is -3.85. The lowest BCUT2D eigenvalue weighted by molar-refractivity contribution is -0.136. The molecule has 0 bridgehead atoms. The molecule has 2 aromatic heterocycles. The number of amides is 3. The summed E-state index contributed by atoms with van der Waals surface area (Å²) in [7, 11) is 1.96. The van der Waals surface area contributed by atoms with Crippen molar-refractivity contribution in [1.82, 2.24) is 24.8 Å². The second-order valence-corrected chi connectivity index (χ2v) is 9.25. The van der Waals surface area contributed by atoms with Gasteiger partial charge < -0.3 is 9.47 Å². The minimum atomic E-state index is -0.624. The average molecular weight is 458 g/mol. The van der Waals surface area contributed by atoms with Crippen molar-refractivity contribution in [2.24, 2.45) is 7.05 Å². The molecule has 2 aromatic carbocycles. The Kier molecular flexibility index (Phi) is 4.41. The number of rotatable bonds is 3. The van der Waals surface area contributed by atoms with Crippen molar-refractivity contribution in [3.8, 4) is 22.5 Å². The van der Waals surface area contributed by atoms with Crippen molar-refractivity contribution in [2.45, 2.75) is 25.4 Å².